The Morgan fingerprint density at radius 2 is 1.65 bits per heavy atom. The molecule has 4 N–H and O–H groups in total. The molecule has 1 rings (SSSR count). The van der Waals surface area contributed by atoms with Gasteiger partial charge in [0.05, 0.1) is 6.61 Å². The van der Waals surface area contributed by atoms with E-state index in [1.165, 1.54) is 19.3 Å². The summed E-state index contributed by atoms with van der Waals surface area (Å²) in [6.07, 6.45) is 5.44. The zero-order chi connectivity index (χ0) is 15.0. The minimum absolute atomic E-state index is 0.215. The monoisotopic (exact) mass is 288 g/mol. The van der Waals surface area contributed by atoms with E-state index in [2.05, 4.69) is 6.92 Å². The average molecular weight is 288 g/mol. The maximum atomic E-state index is 9.60. The molecule has 0 fully saturated rings. The molecule has 0 aliphatic carbocycles. The molecule has 0 saturated heterocycles. The van der Waals surface area contributed by atoms with E-state index in [4.69, 9.17) is 14.6 Å². The molecule has 0 aromatic carbocycles. The van der Waals surface area contributed by atoms with E-state index in [9.17, 15) is 15.3 Å². The Morgan fingerprint density at radius 3 is 2.30 bits per heavy atom. The number of unbranched alkanes of at least 4 members (excludes halogenated alkanes) is 5. The molecule has 0 aromatic heterocycles. The van der Waals surface area contributed by atoms with Gasteiger partial charge in [-0.15, -0.1) is 0 Å². The van der Waals surface area contributed by atoms with Crippen molar-refractivity contribution in [1.82, 2.24) is 0 Å². The summed E-state index contributed by atoms with van der Waals surface area (Å²) in [5.74, 6) is -2.17. The van der Waals surface area contributed by atoms with Gasteiger partial charge in [-0.3, -0.25) is 0 Å². The standard InChI is InChI=1S/C14H24O6/c1-2-3-4-5-6-7-8-19-14-13(18)12(17)11(16)10(9-15)20-14/h14-18H,2-9H2,1H3/t14-/m1/s1. The van der Waals surface area contributed by atoms with E-state index in [1.54, 1.807) is 0 Å². The zero-order valence-corrected chi connectivity index (χ0v) is 11.8. The van der Waals surface area contributed by atoms with Crippen LogP contribution in [0.1, 0.15) is 45.4 Å². The molecule has 6 heteroatoms. The molecule has 6 nitrogen and oxygen atoms in total. The number of aliphatic hydroxyl groups excluding tert-OH is 4. The van der Waals surface area contributed by atoms with Crippen molar-refractivity contribution in [2.24, 2.45) is 0 Å². The molecular formula is C14H24O6. The van der Waals surface area contributed by atoms with Gasteiger partial charge in [0.15, 0.2) is 5.76 Å². The second-order valence-corrected chi connectivity index (χ2v) is 4.75. The zero-order valence-electron chi connectivity index (χ0n) is 11.8. The Balaban J connectivity index is 2.32. The third-order valence-corrected chi connectivity index (χ3v) is 3.11. The first kappa shape index (κ1) is 16.7. The van der Waals surface area contributed by atoms with Crippen molar-refractivity contribution in [2.45, 2.75) is 51.7 Å². The topological polar surface area (TPSA) is 99.4 Å². The summed E-state index contributed by atoms with van der Waals surface area (Å²) in [7, 11) is 0. The lowest BCUT2D eigenvalue weighted by Crippen LogP contribution is -2.27. The highest BCUT2D eigenvalue weighted by Crippen LogP contribution is 2.25. The van der Waals surface area contributed by atoms with Crippen molar-refractivity contribution >= 4 is 0 Å². The second kappa shape index (κ2) is 8.71. The fourth-order valence-electron chi connectivity index (χ4n) is 1.90. The molecule has 0 bridgehead atoms. The van der Waals surface area contributed by atoms with E-state index in [0.717, 1.165) is 19.3 Å². The third kappa shape index (κ3) is 4.61. The normalized spacial score (nSPS) is 19.4. The van der Waals surface area contributed by atoms with Crippen molar-refractivity contribution in [3.8, 4) is 0 Å². The first-order valence-electron chi connectivity index (χ1n) is 7.05. The second-order valence-electron chi connectivity index (χ2n) is 4.75. The van der Waals surface area contributed by atoms with Gasteiger partial charge in [0, 0.05) is 0 Å². The molecule has 20 heavy (non-hydrogen) atoms. The van der Waals surface area contributed by atoms with E-state index in [0.29, 0.717) is 6.61 Å². The van der Waals surface area contributed by atoms with Crippen LogP contribution in [0.15, 0.2) is 23.0 Å². The van der Waals surface area contributed by atoms with Crippen molar-refractivity contribution in [3.63, 3.8) is 0 Å². The van der Waals surface area contributed by atoms with Gasteiger partial charge in [-0.05, 0) is 6.42 Å². The van der Waals surface area contributed by atoms with Gasteiger partial charge in [-0.1, -0.05) is 39.0 Å². The molecule has 1 aliphatic rings. The summed E-state index contributed by atoms with van der Waals surface area (Å²) in [5, 5.41) is 37.4. The molecule has 0 unspecified atom stereocenters. The molecule has 1 heterocycles. The van der Waals surface area contributed by atoms with E-state index < -0.39 is 30.2 Å². The minimum atomic E-state index is -1.18. The molecule has 0 spiro atoms. The highest BCUT2D eigenvalue weighted by Gasteiger charge is 2.31. The van der Waals surface area contributed by atoms with Gasteiger partial charge in [0.25, 0.3) is 6.29 Å². The van der Waals surface area contributed by atoms with Crippen molar-refractivity contribution < 1.29 is 29.9 Å². The summed E-state index contributed by atoms with van der Waals surface area (Å²) < 4.78 is 10.4. The van der Waals surface area contributed by atoms with Gasteiger partial charge in [-0.25, -0.2) is 0 Å². The number of rotatable bonds is 9. The highest BCUT2D eigenvalue weighted by atomic mass is 16.7. The van der Waals surface area contributed by atoms with Gasteiger partial charge in [-0.2, -0.15) is 0 Å². The fraction of sp³-hybridized carbons (Fsp3) is 0.714. The summed E-state index contributed by atoms with van der Waals surface area (Å²) in [5.41, 5.74) is 0. The van der Waals surface area contributed by atoms with Crippen LogP contribution in [0.5, 0.6) is 0 Å². The Bertz CT molecular complexity index is 361. The van der Waals surface area contributed by atoms with Crippen molar-refractivity contribution in [3.05, 3.63) is 23.0 Å². The molecular weight excluding hydrogens is 264 g/mol. The molecule has 116 valence electrons. The minimum Gasteiger partial charge on any atom is -0.503 e. The van der Waals surface area contributed by atoms with Gasteiger partial charge in [0.1, 0.15) is 6.61 Å². The van der Waals surface area contributed by atoms with E-state index >= 15 is 0 Å². The molecule has 1 atom stereocenters. The number of ether oxygens (including phenoxy) is 2. The number of hydrogen-bond donors (Lipinski definition) is 4. The fourth-order valence-corrected chi connectivity index (χ4v) is 1.90. The summed E-state index contributed by atoms with van der Waals surface area (Å²) >= 11 is 0. The van der Waals surface area contributed by atoms with Crippen LogP contribution >= 0.6 is 0 Å². The van der Waals surface area contributed by atoms with Gasteiger partial charge < -0.3 is 29.9 Å². The quantitative estimate of drug-likeness (QED) is 0.487. The molecule has 0 radical (unpaired) electrons. The lowest BCUT2D eigenvalue weighted by molar-refractivity contribution is -0.128. The van der Waals surface area contributed by atoms with Crippen LogP contribution < -0.4 is 0 Å². The van der Waals surface area contributed by atoms with Crippen LogP contribution in [0.25, 0.3) is 0 Å². The molecule has 0 saturated carbocycles. The average Bonchev–Trinajstić information content (AvgIpc) is 2.46. The first-order chi connectivity index (χ1) is 9.61. The number of aliphatic hydroxyl groups is 4. The number of hydrogen-bond acceptors (Lipinski definition) is 6. The predicted molar refractivity (Wildman–Crippen MR) is 73.2 cm³/mol. The van der Waals surface area contributed by atoms with Crippen LogP contribution in [-0.2, 0) is 9.47 Å². The maximum absolute atomic E-state index is 9.60. The SMILES string of the molecule is CCCCCCCCO[C@@H]1OC(CO)=C(O)C(O)=C1O. The van der Waals surface area contributed by atoms with E-state index in [1.807, 2.05) is 0 Å². The Kier molecular flexibility index (Phi) is 7.25. The maximum Gasteiger partial charge on any atom is 0.262 e. The van der Waals surface area contributed by atoms with Crippen molar-refractivity contribution in [1.29, 1.82) is 0 Å². The third-order valence-electron chi connectivity index (χ3n) is 3.11. The molecule has 0 amide bonds. The van der Waals surface area contributed by atoms with Crippen LogP contribution in [-0.4, -0.2) is 39.9 Å². The van der Waals surface area contributed by atoms with Crippen LogP contribution in [0.3, 0.4) is 0 Å². The van der Waals surface area contributed by atoms with Crippen LogP contribution in [0.4, 0.5) is 0 Å². The smallest absolute Gasteiger partial charge is 0.262 e. The Hall–Kier alpha value is -1.40. The van der Waals surface area contributed by atoms with Crippen LogP contribution in [0.2, 0.25) is 0 Å². The first-order valence-corrected chi connectivity index (χ1v) is 7.05. The lowest BCUT2D eigenvalue weighted by Gasteiger charge is -2.25. The van der Waals surface area contributed by atoms with E-state index in [-0.39, 0.29) is 5.76 Å². The van der Waals surface area contributed by atoms with Gasteiger partial charge >= 0.3 is 0 Å². The summed E-state index contributed by atoms with van der Waals surface area (Å²) in [6.45, 7) is 1.94. The largest absolute Gasteiger partial charge is 0.503 e. The summed E-state index contributed by atoms with van der Waals surface area (Å²) in [6, 6.07) is 0. The summed E-state index contributed by atoms with van der Waals surface area (Å²) in [4.78, 5) is 0. The predicted octanol–water partition coefficient (Wildman–Crippen LogP) is 2.81. The van der Waals surface area contributed by atoms with Crippen molar-refractivity contribution in [2.75, 3.05) is 13.2 Å². The van der Waals surface area contributed by atoms with Crippen LogP contribution in [0, 0.1) is 0 Å². The van der Waals surface area contributed by atoms with Gasteiger partial charge in [0.2, 0.25) is 17.3 Å². The highest BCUT2D eigenvalue weighted by molar-refractivity contribution is 5.28. The Labute approximate surface area is 119 Å². The lowest BCUT2D eigenvalue weighted by atomic mass is 10.1. The molecule has 1 aliphatic heterocycles. The molecule has 0 aromatic rings. The Morgan fingerprint density at radius 1 is 1.00 bits per heavy atom.